The van der Waals surface area contributed by atoms with E-state index in [2.05, 4.69) is 10.3 Å². The summed E-state index contributed by atoms with van der Waals surface area (Å²) in [6.07, 6.45) is 0. The minimum Gasteiger partial charge on any atom is -0.508 e. The number of anilines is 2. The summed E-state index contributed by atoms with van der Waals surface area (Å²) in [7, 11) is 0. The van der Waals surface area contributed by atoms with E-state index in [1.54, 1.807) is 30.3 Å². The van der Waals surface area contributed by atoms with Crippen molar-refractivity contribution in [2.75, 3.05) is 5.32 Å². The molecule has 2 aromatic carbocycles. The lowest BCUT2D eigenvalue weighted by Gasteiger charge is -2.08. The number of benzene rings is 2. The molecule has 23 heavy (non-hydrogen) atoms. The Labute approximate surface area is 130 Å². The molecule has 0 amide bonds. The van der Waals surface area contributed by atoms with E-state index in [1.165, 1.54) is 0 Å². The Bertz CT molecular complexity index is 927. The summed E-state index contributed by atoms with van der Waals surface area (Å²) in [5.74, 6) is 0.363. The lowest BCUT2D eigenvalue weighted by Crippen LogP contribution is -2.33. The minimum absolute atomic E-state index is 0.00381. The lowest BCUT2D eigenvalue weighted by molar-refractivity contribution is 0.160. The molecule has 116 valence electrons. The van der Waals surface area contributed by atoms with Gasteiger partial charge in [0.05, 0.1) is 0 Å². The SMILES string of the molecule is O=c1cc(Nc2ccc(-c3cccc(O)c3)cc2)[nH]c(=O)n1O. The monoisotopic (exact) mass is 311 g/mol. The Balaban J connectivity index is 1.86. The summed E-state index contributed by atoms with van der Waals surface area (Å²) in [6, 6.07) is 15.2. The molecule has 0 aliphatic carbocycles. The number of aromatic amines is 1. The Hall–Kier alpha value is -3.48. The van der Waals surface area contributed by atoms with Gasteiger partial charge in [0.1, 0.15) is 11.6 Å². The lowest BCUT2D eigenvalue weighted by atomic mass is 10.1. The molecule has 0 fully saturated rings. The zero-order chi connectivity index (χ0) is 16.4. The molecule has 0 radical (unpaired) electrons. The molecule has 3 aromatic rings. The van der Waals surface area contributed by atoms with Gasteiger partial charge in [0.25, 0.3) is 5.56 Å². The number of aromatic nitrogens is 2. The van der Waals surface area contributed by atoms with Crippen LogP contribution in [-0.2, 0) is 0 Å². The number of H-pyrrole nitrogens is 1. The van der Waals surface area contributed by atoms with Gasteiger partial charge in [-0.15, -0.1) is 0 Å². The fraction of sp³-hybridized carbons (Fsp3) is 0. The molecule has 1 heterocycles. The van der Waals surface area contributed by atoms with Crippen LogP contribution in [-0.4, -0.2) is 20.0 Å². The standard InChI is InChI=1S/C16H13N3O4/c20-13-3-1-2-11(8-13)10-4-6-12(7-5-10)17-14-9-15(21)19(23)16(22)18-14/h1-9,17,20,23H,(H,18,22). The van der Waals surface area contributed by atoms with E-state index in [-0.39, 0.29) is 16.3 Å². The molecule has 7 heteroatoms. The second kappa shape index (κ2) is 5.72. The molecule has 1 aromatic heterocycles. The van der Waals surface area contributed by atoms with Crippen molar-refractivity contribution >= 4 is 11.5 Å². The van der Waals surface area contributed by atoms with Gasteiger partial charge in [0.15, 0.2) is 0 Å². The topological polar surface area (TPSA) is 107 Å². The van der Waals surface area contributed by atoms with Crippen LogP contribution in [0.15, 0.2) is 64.2 Å². The first kappa shape index (κ1) is 14.5. The highest BCUT2D eigenvalue weighted by molar-refractivity contribution is 5.68. The molecule has 7 nitrogen and oxygen atoms in total. The average Bonchev–Trinajstić information content (AvgIpc) is 2.53. The molecule has 0 saturated carbocycles. The quantitative estimate of drug-likeness (QED) is 0.553. The first-order valence-electron chi connectivity index (χ1n) is 6.75. The molecule has 0 spiro atoms. The normalized spacial score (nSPS) is 10.4. The van der Waals surface area contributed by atoms with E-state index in [0.29, 0.717) is 5.69 Å². The predicted octanol–water partition coefficient (Wildman–Crippen LogP) is 1.89. The van der Waals surface area contributed by atoms with Gasteiger partial charge in [-0.3, -0.25) is 9.78 Å². The van der Waals surface area contributed by atoms with Crippen molar-refractivity contribution in [3.8, 4) is 16.9 Å². The third kappa shape index (κ3) is 3.08. The van der Waals surface area contributed by atoms with Crippen LogP contribution in [0.2, 0.25) is 0 Å². The maximum Gasteiger partial charge on any atom is 0.363 e. The maximum absolute atomic E-state index is 11.4. The van der Waals surface area contributed by atoms with Crippen molar-refractivity contribution in [3.05, 3.63) is 75.4 Å². The number of hydrogen-bond acceptors (Lipinski definition) is 5. The van der Waals surface area contributed by atoms with Crippen molar-refractivity contribution in [2.45, 2.75) is 0 Å². The van der Waals surface area contributed by atoms with Gasteiger partial charge >= 0.3 is 5.69 Å². The highest BCUT2D eigenvalue weighted by Crippen LogP contribution is 2.25. The van der Waals surface area contributed by atoms with E-state index in [0.717, 1.165) is 17.2 Å². The zero-order valence-corrected chi connectivity index (χ0v) is 11.9. The second-order valence-electron chi connectivity index (χ2n) is 4.89. The zero-order valence-electron chi connectivity index (χ0n) is 11.9. The van der Waals surface area contributed by atoms with Crippen LogP contribution in [0.1, 0.15) is 0 Å². The summed E-state index contributed by atoms with van der Waals surface area (Å²) >= 11 is 0. The van der Waals surface area contributed by atoms with Crippen LogP contribution < -0.4 is 16.6 Å². The summed E-state index contributed by atoms with van der Waals surface area (Å²) in [5, 5.41) is 21.5. The van der Waals surface area contributed by atoms with E-state index in [1.807, 2.05) is 18.2 Å². The van der Waals surface area contributed by atoms with Crippen LogP contribution in [0.5, 0.6) is 5.75 Å². The van der Waals surface area contributed by atoms with Gasteiger partial charge in [-0.05, 0) is 35.4 Å². The summed E-state index contributed by atoms with van der Waals surface area (Å²) < 4.78 is -0.00381. The minimum atomic E-state index is -0.920. The molecule has 0 unspecified atom stereocenters. The van der Waals surface area contributed by atoms with E-state index in [4.69, 9.17) is 5.21 Å². The first-order chi connectivity index (χ1) is 11.0. The molecular formula is C16H13N3O4. The fourth-order valence-corrected chi connectivity index (χ4v) is 2.14. The van der Waals surface area contributed by atoms with Crippen molar-refractivity contribution in [2.24, 2.45) is 0 Å². The number of rotatable bonds is 3. The van der Waals surface area contributed by atoms with Crippen LogP contribution in [0.4, 0.5) is 11.5 Å². The van der Waals surface area contributed by atoms with Crippen LogP contribution in [0, 0.1) is 0 Å². The molecular weight excluding hydrogens is 298 g/mol. The molecule has 0 atom stereocenters. The predicted molar refractivity (Wildman–Crippen MR) is 85.3 cm³/mol. The number of phenols is 1. The van der Waals surface area contributed by atoms with Crippen molar-refractivity contribution < 1.29 is 10.3 Å². The molecule has 3 rings (SSSR count). The van der Waals surface area contributed by atoms with Crippen molar-refractivity contribution in [1.82, 2.24) is 9.71 Å². The van der Waals surface area contributed by atoms with Crippen LogP contribution >= 0.6 is 0 Å². The van der Waals surface area contributed by atoms with E-state index in [9.17, 15) is 14.7 Å². The fourth-order valence-electron chi connectivity index (χ4n) is 2.14. The largest absolute Gasteiger partial charge is 0.508 e. The smallest absolute Gasteiger partial charge is 0.363 e. The molecule has 0 aliphatic rings. The number of aromatic hydroxyl groups is 1. The second-order valence-corrected chi connectivity index (χ2v) is 4.89. The first-order valence-corrected chi connectivity index (χ1v) is 6.75. The summed E-state index contributed by atoms with van der Waals surface area (Å²) in [4.78, 5) is 25.0. The third-order valence-corrected chi connectivity index (χ3v) is 3.25. The molecule has 4 N–H and O–H groups in total. The van der Waals surface area contributed by atoms with Crippen molar-refractivity contribution in [3.63, 3.8) is 0 Å². The third-order valence-electron chi connectivity index (χ3n) is 3.25. The van der Waals surface area contributed by atoms with Crippen LogP contribution in [0.3, 0.4) is 0 Å². The van der Waals surface area contributed by atoms with Gasteiger partial charge in [0, 0.05) is 11.8 Å². The maximum atomic E-state index is 11.4. The number of hydrogen-bond donors (Lipinski definition) is 4. The van der Waals surface area contributed by atoms with Crippen LogP contribution in [0.25, 0.3) is 11.1 Å². The van der Waals surface area contributed by atoms with Gasteiger partial charge in [0.2, 0.25) is 0 Å². The Morgan fingerprint density at radius 1 is 0.957 bits per heavy atom. The summed E-state index contributed by atoms with van der Waals surface area (Å²) in [6.45, 7) is 0. The molecule has 0 aliphatic heterocycles. The van der Waals surface area contributed by atoms with Gasteiger partial charge in [-0.1, -0.05) is 29.0 Å². The van der Waals surface area contributed by atoms with E-state index >= 15 is 0 Å². The number of phenolic OH excluding ortho intramolecular Hbond substituents is 1. The summed E-state index contributed by atoms with van der Waals surface area (Å²) in [5.41, 5.74) is 0.683. The number of nitrogens with one attached hydrogen (secondary N) is 2. The molecule has 0 saturated heterocycles. The average molecular weight is 311 g/mol. The highest BCUT2D eigenvalue weighted by Gasteiger charge is 2.04. The van der Waals surface area contributed by atoms with Gasteiger partial charge in [-0.25, -0.2) is 4.79 Å². The Morgan fingerprint density at radius 3 is 2.35 bits per heavy atom. The molecule has 0 bridgehead atoms. The van der Waals surface area contributed by atoms with Crippen molar-refractivity contribution in [1.29, 1.82) is 0 Å². The van der Waals surface area contributed by atoms with E-state index < -0.39 is 11.2 Å². The highest BCUT2D eigenvalue weighted by atomic mass is 16.5. The Kier molecular flexibility index (Phi) is 3.60. The number of nitrogens with zero attached hydrogens (tertiary/aromatic N) is 1. The Morgan fingerprint density at radius 2 is 1.70 bits per heavy atom. The van der Waals surface area contributed by atoms with Gasteiger partial charge < -0.3 is 15.6 Å². The van der Waals surface area contributed by atoms with Gasteiger partial charge in [-0.2, -0.15) is 0 Å².